The van der Waals surface area contributed by atoms with Crippen molar-refractivity contribution in [2.24, 2.45) is 5.92 Å². The lowest BCUT2D eigenvalue weighted by Gasteiger charge is -2.09. The molecule has 3 nitrogen and oxygen atoms in total. The average Bonchev–Trinajstić information content (AvgIpc) is 2.55. The number of fused-ring (bicyclic) bond motifs is 1. The van der Waals surface area contributed by atoms with Gasteiger partial charge in [-0.3, -0.25) is 0 Å². The van der Waals surface area contributed by atoms with Crippen molar-refractivity contribution < 1.29 is 0 Å². The number of alkyl halides is 1. The van der Waals surface area contributed by atoms with Crippen molar-refractivity contribution in [3.8, 4) is 0 Å². The van der Waals surface area contributed by atoms with Crippen LogP contribution in [0.5, 0.6) is 0 Å². The largest absolute Gasteiger partial charge is 0.311 e. The highest BCUT2D eigenvalue weighted by Crippen LogP contribution is 2.20. The summed E-state index contributed by atoms with van der Waals surface area (Å²) in [5, 5.41) is 0. The zero-order chi connectivity index (χ0) is 11.7. The molecule has 16 heavy (non-hydrogen) atoms. The smallest absolute Gasteiger partial charge is 0.160 e. The van der Waals surface area contributed by atoms with Gasteiger partial charge in [0.15, 0.2) is 5.65 Å². The maximum atomic E-state index is 5.90. The van der Waals surface area contributed by atoms with E-state index in [0.29, 0.717) is 11.8 Å². The average molecular weight is 303 g/mol. The summed E-state index contributed by atoms with van der Waals surface area (Å²) in [6, 6.07) is 1.97. The van der Waals surface area contributed by atoms with Crippen LogP contribution in [-0.4, -0.2) is 14.5 Å². The Hall–Kier alpha value is -0.610. The van der Waals surface area contributed by atoms with Gasteiger partial charge < -0.3 is 4.57 Å². The molecule has 86 valence electrons. The summed E-state index contributed by atoms with van der Waals surface area (Å²) in [6.45, 7) is 5.23. The highest BCUT2D eigenvalue weighted by atomic mass is 79.9. The van der Waals surface area contributed by atoms with E-state index in [-0.39, 0.29) is 0 Å². The number of hydrogen-bond donors (Lipinski definition) is 0. The molecule has 0 aliphatic carbocycles. The zero-order valence-electron chi connectivity index (χ0n) is 9.24. The van der Waals surface area contributed by atoms with Gasteiger partial charge in [-0.2, -0.15) is 0 Å². The van der Waals surface area contributed by atoms with Gasteiger partial charge in [-0.05, 0) is 27.9 Å². The van der Waals surface area contributed by atoms with Gasteiger partial charge in [0.2, 0.25) is 0 Å². The Morgan fingerprint density at radius 3 is 2.88 bits per heavy atom. The van der Waals surface area contributed by atoms with Gasteiger partial charge in [-0.15, -0.1) is 11.6 Å². The summed E-state index contributed by atoms with van der Waals surface area (Å²) in [5.74, 6) is 1.85. The Bertz CT molecular complexity index is 507. The van der Waals surface area contributed by atoms with Crippen molar-refractivity contribution in [1.29, 1.82) is 0 Å². The van der Waals surface area contributed by atoms with E-state index in [9.17, 15) is 0 Å². The number of halogens is 2. The van der Waals surface area contributed by atoms with E-state index in [0.717, 1.165) is 28.0 Å². The second-order valence-corrected chi connectivity index (χ2v) is 5.35. The summed E-state index contributed by atoms with van der Waals surface area (Å²) in [7, 11) is 0. The molecule has 2 heterocycles. The Labute approximate surface area is 108 Å². The van der Waals surface area contributed by atoms with Crippen LogP contribution in [-0.2, 0) is 12.4 Å². The molecule has 0 saturated carbocycles. The van der Waals surface area contributed by atoms with Crippen molar-refractivity contribution >= 4 is 38.7 Å². The van der Waals surface area contributed by atoms with E-state index in [1.54, 1.807) is 6.20 Å². The molecule has 0 radical (unpaired) electrons. The first kappa shape index (κ1) is 11.9. The third kappa shape index (κ3) is 2.23. The van der Waals surface area contributed by atoms with Crippen LogP contribution in [0.1, 0.15) is 19.7 Å². The molecule has 0 amide bonds. The molecule has 0 aromatic carbocycles. The molecule has 0 unspecified atom stereocenters. The molecule has 0 aliphatic rings. The predicted molar refractivity (Wildman–Crippen MR) is 69.6 cm³/mol. The highest BCUT2D eigenvalue weighted by Gasteiger charge is 2.12. The summed E-state index contributed by atoms with van der Waals surface area (Å²) < 4.78 is 3.04. The predicted octanol–water partition coefficient (Wildman–Crippen LogP) is 3.59. The minimum Gasteiger partial charge on any atom is -0.311 e. The summed E-state index contributed by atoms with van der Waals surface area (Å²) in [4.78, 5) is 8.88. The monoisotopic (exact) mass is 301 g/mol. The fourth-order valence-electron chi connectivity index (χ4n) is 1.69. The highest BCUT2D eigenvalue weighted by molar-refractivity contribution is 9.10. The molecule has 2 aromatic rings. The second kappa shape index (κ2) is 4.72. The Kier molecular flexibility index (Phi) is 3.50. The van der Waals surface area contributed by atoms with E-state index in [1.165, 1.54) is 0 Å². The first-order valence-electron chi connectivity index (χ1n) is 5.18. The van der Waals surface area contributed by atoms with Gasteiger partial charge in [0.25, 0.3) is 0 Å². The van der Waals surface area contributed by atoms with Gasteiger partial charge >= 0.3 is 0 Å². The molecule has 0 aliphatic heterocycles. The molecule has 0 N–H and O–H groups in total. The SMILES string of the molecule is CC(C)Cn1c(CCl)nc2cc(Br)cnc21. The number of aromatic nitrogens is 3. The number of nitrogens with zero attached hydrogens (tertiary/aromatic N) is 3. The minimum atomic E-state index is 0.417. The van der Waals surface area contributed by atoms with Gasteiger partial charge in [0.1, 0.15) is 11.3 Å². The van der Waals surface area contributed by atoms with Crippen LogP contribution in [0.3, 0.4) is 0 Å². The van der Waals surface area contributed by atoms with Crippen LogP contribution in [0, 0.1) is 5.92 Å². The molecule has 0 saturated heterocycles. The number of rotatable bonds is 3. The van der Waals surface area contributed by atoms with Crippen molar-refractivity contribution in [3.05, 3.63) is 22.6 Å². The summed E-state index contributed by atoms with van der Waals surface area (Å²) in [5.41, 5.74) is 1.80. The fraction of sp³-hybridized carbons (Fsp3) is 0.455. The molecular formula is C11H13BrClN3. The molecule has 0 atom stereocenters. The Morgan fingerprint density at radius 1 is 1.50 bits per heavy atom. The lowest BCUT2D eigenvalue weighted by Crippen LogP contribution is -2.08. The van der Waals surface area contributed by atoms with Gasteiger partial charge in [-0.1, -0.05) is 13.8 Å². The zero-order valence-corrected chi connectivity index (χ0v) is 11.6. The molecule has 5 heteroatoms. The molecular weight excluding hydrogens is 289 g/mol. The van der Waals surface area contributed by atoms with Gasteiger partial charge in [0, 0.05) is 17.2 Å². The summed E-state index contributed by atoms with van der Waals surface area (Å²) >= 11 is 9.30. The topological polar surface area (TPSA) is 30.7 Å². The van der Waals surface area contributed by atoms with E-state index in [1.807, 2.05) is 6.07 Å². The standard InChI is InChI=1S/C11H13BrClN3/c1-7(2)6-16-10(4-13)15-9-3-8(12)5-14-11(9)16/h3,5,7H,4,6H2,1-2H3. The molecule has 2 rings (SSSR count). The number of pyridine rings is 1. The van der Waals surface area contributed by atoms with E-state index >= 15 is 0 Å². The van der Waals surface area contributed by atoms with Crippen LogP contribution in [0.25, 0.3) is 11.2 Å². The molecule has 0 fully saturated rings. The van der Waals surface area contributed by atoms with Crippen molar-refractivity contribution in [2.75, 3.05) is 0 Å². The first-order chi connectivity index (χ1) is 7.61. The van der Waals surface area contributed by atoms with Crippen LogP contribution >= 0.6 is 27.5 Å². The quantitative estimate of drug-likeness (QED) is 0.811. The van der Waals surface area contributed by atoms with Crippen molar-refractivity contribution in [3.63, 3.8) is 0 Å². The number of imidazole rings is 1. The lowest BCUT2D eigenvalue weighted by molar-refractivity contribution is 0.520. The Balaban J connectivity index is 2.59. The van der Waals surface area contributed by atoms with Gasteiger partial charge in [-0.25, -0.2) is 9.97 Å². The molecule has 0 bridgehead atoms. The van der Waals surface area contributed by atoms with E-state index in [2.05, 4.69) is 44.3 Å². The van der Waals surface area contributed by atoms with Crippen molar-refractivity contribution in [1.82, 2.24) is 14.5 Å². The molecule has 0 spiro atoms. The minimum absolute atomic E-state index is 0.417. The summed E-state index contributed by atoms with van der Waals surface area (Å²) in [6.07, 6.45) is 1.79. The third-order valence-corrected chi connectivity index (χ3v) is 2.97. The Morgan fingerprint density at radius 2 is 2.25 bits per heavy atom. The van der Waals surface area contributed by atoms with E-state index < -0.39 is 0 Å². The van der Waals surface area contributed by atoms with Crippen molar-refractivity contribution in [2.45, 2.75) is 26.3 Å². The number of hydrogen-bond acceptors (Lipinski definition) is 2. The lowest BCUT2D eigenvalue weighted by atomic mass is 10.2. The van der Waals surface area contributed by atoms with Crippen LogP contribution in [0.15, 0.2) is 16.7 Å². The second-order valence-electron chi connectivity index (χ2n) is 4.16. The van der Waals surface area contributed by atoms with Gasteiger partial charge in [0.05, 0.1) is 5.88 Å². The maximum Gasteiger partial charge on any atom is 0.160 e. The third-order valence-electron chi connectivity index (χ3n) is 2.30. The fourth-order valence-corrected chi connectivity index (χ4v) is 2.22. The maximum absolute atomic E-state index is 5.90. The normalized spacial score (nSPS) is 11.6. The van der Waals surface area contributed by atoms with E-state index in [4.69, 9.17) is 11.6 Å². The van der Waals surface area contributed by atoms with Crippen LogP contribution in [0.4, 0.5) is 0 Å². The van der Waals surface area contributed by atoms with Crippen LogP contribution < -0.4 is 0 Å². The first-order valence-corrected chi connectivity index (χ1v) is 6.51. The van der Waals surface area contributed by atoms with Crippen LogP contribution in [0.2, 0.25) is 0 Å². The molecule has 2 aromatic heterocycles.